The monoisotopic (exact) mass is 290 g/mol. The Morgan fingerprint density at radius 3 is 2.19 bits per heavy atom. The molecule has 0 N–H and O–H groups in total. The Kier molecular flexibility index (Phi) is 6.30. The second-order valence-electron chi connectivity index (χ2n) is 5.46. The summed E-state index contributed by atoms with van der Waals surface area (Å²) < 4.78 is 0. The summed E-state index contributed by atoms with van der Waals surface area (Å²) in [4.78, 5) is 4.96. The van der Waals surface area contributed by atoms with Crippen LogP contribution < -0.4 is 0 Å². The molecule has 96 valence electrons. The van der Waals surface area contributed by atoms with E-state index in [0.29, 0.717) is 5.54 Å². The molecule has 1 aliphatic rings. The molecule has 16 heavy (non-hydrogen) atoms. The first kappa shape index (κ1) is 14.5. The van der Waals surface area contributed by atoms with E-state index in [1.807, 2.05) is 0 Å². The van der Waals surface area contributed by atoms with Crippen molar-refractivity contribution in [2.24, 2.45) is 0 Å². The molecule has 1 fully saturated rings. The summed E-state index contributed by atoms with van der Waals surface area (Å²) in [5.41, 5.74) is 0.490. The Bertz CT molecular complexity index is 190. The molecule has 0 amide bonds. The van der Waals surface area contributed by atoms with Crippen molar-refractivity contribution in [2.75, 3.05) is 39.6 Å². The van der Waals surface area contributed by atoms with Crippen LogP contribution in [0.15, 0.2) is 0 Å². The largest absolute Gasteiger partial charge is 0.305 e. The summed E-state index contributed by atoms with van der Waals surface area (Å²) in [5.74, 6) is 0. The molecule has 0 heterocycles. The number of alkyl halides is 1. The van der Waals surface area contributed by atoms with Crippen LogP contribution in [0.5, 0.6) is 0 Å². The third-order valence-electron chi connectivity index (χ3n) is 3.97. The highest BCUT2D eigenvalue weighted by Crippen LogP contribution is 2.36. The number of hydrogen-bond donors (Lipinski definition) is 0. The van der Waals surface area contributed by atoms with Crippen LogP contribution in [-0.4, -0.2) is 54.9 Å². The van der Waals surface area contributed by atoms with Gasteiger partial charge in [0.2, 0.25) is 0 Å². The molecule has 0 bridgehead atoms. The lowest BCUT2D eigenvalue weighted by atomic mass is 9.75. The number of hydrogen-bond acceptors (Lipinski definition) is 2. The third kappa shape index (κ3) is 4.01. The Morgan fingerprint density at radius 2 is 1.75 bits per heavy atom. The van der Waals surface area contributed by atoms with Crippen molar-refractivity contribution in [1.29, 1.82) is 0 Å². The second kappa shape index (κ2) is 6.97. The molecule has 0 aromatic carbocycles. The number of likely N-dealkylation sites (N-methyl/N-ethyl adjacent to an activating group) is 2. The van der Waals surface area contributed by atoms with E-state index in [0.717, 1.165) is 5.33 Å². The lowest BCUT2D eigenvalue weighted by Gasteiger charge is -2.49. The van der Waals surface area contributed by atoms with Gasteiger partial charge in [0.15, 0.2) is 0 Å². The summed E-state index contributed by atoms with van der Waals surface area (Å²) in [6, 6.07) is 0. The average Bonchev–Trinajstić information content (AvgIpc) is 2.18. The van der Waals surface area contributed by atoms with E-state index in [4.69, 9.17) is 0 Å². The predicted molar refractivity (Wildman–Crippen MR) is 75.4 cm³/mol. The average molecular weight is 291 g/mol. The first-order valence-electron chi connectivity index (χ1n) is 6.53. The van der Waals surface area contributed by atoms with E-state index < -0.39 is 0 Å². The van der Waals surface area contributed by atoms with E-state index in [9.17, 15) is 0 Å². The molecule has 0 saturated heterocycles. The zero-order chi connectivity index (χ0) is 12.0. The summed E-state index contributed by atoms with van der Waals surface area (Å²) in [7, 11) is 6.74. The van der Waals surface area contributed by atoms with Gasteiger partial charge in [0.25, 0.3) is 0 Å². The van der Waals surface area contributed by atoms with Gasteiger partial charge in [-0.15, -0.1) is 0 Å². The molecule has 0 unspecified atom stereocenters. The van der Waals surface area contributed by atoms with Gasteiger partial charge in [-0.25, -0.2) is 0 Å². The first-order chi connectivity index (χ1) is 7.60. The van der Waals surface area contributed by atoms with Gasteiger partial charge < -0.3 is 9.80 Å². The fourth-order valence-electron chi connectivity index (χ4n) is 2.57. The maximum Gasteiger partial charge on any atom is 0.0330 e. The molecule has 0 atom stereocenters. The first-order valence-corrected chi connectivity index (χ1v) is 7.65. The molecule has 0 radical (unpaired) electrons. The van der Waals surface area contributed by atoms with Gasteiger partial charge in [0.1, 0.15) is 0 Å². The molecule has 1 aliphatic carbocycles. The quantitative estimate of drug-likeness (QED) is 0.501. The van der Waals surface area contributed by atoms with Gasteiger partial charge in [-0.2, -0.15) is 0 Å². The van der Waals surface area contributed by atoms with Gasteiger partial charge in [-0.05, 0) is 59.8 Å². The van der Waals surface area contributed by atoms with Crippen LogP contribution in [0, 0.1) is 0 Å². The molecule has 1 rings (SSSR count). The molecule has 3 heteroatoms. The molecule has 0 spiro atoms. The Hall–Kier alpha value is 0.400. The van der Waals surface area contributed by atoms with Crippen molar-refractivity contribution >= 4 is 15.9 Å². The van der Waals surface area contributed by atoms with Crippen LogP contribution in [0.4, 0.5) is 0 Å². The van der Waals surface area contributed by atoms with Crippen LogP contribution in [0.3, 0.4) is 0 Å². The summed E-state index contributed by atoms with van der Waals surface area (Å²) >= 11 is 3.48. The van der Waals surface area contributed by atoms with Gasteiger partial charge in [-0.3, -0.25) is 0 Å². The van der Waals surface area contributed by atoms with Crippen LogP contribution in [0.25, 0.3) is 0 Å². The van der Waals surface area contributed by atoms with Crippen LogP contribution in [-0.2, 0) is 0 Å². The topological polar surface area (TPSA) is 6.48 Å². The Morgan fingerprint density at radius 1 is 1.06 bits per heavy atom. The van der Waals surface area contributed by atoms with Crippen molar-refractivity contribution in [3.8, 4) is 0 Å². The standard InChI is InChI=1S/C13H27BrN2/c1-15(2)13(8-7-9-13)12-16(3)11-6-4-5-10-14/h4-12H2,1-3H3. The van der Waals surface area contributed by atoms with E-state index in [2.05, 4.69) is 46.9 Å². The van der Waals surface area contributed by atoms with Crippen molar-refractivity contribution in [1.82, 2.24) is 9.80 Å². The van der Waals surface area contributed by atoms with Crippen LogP contribution >= 0.6 is 15.9 Å². The molecule has 2 nitrogen and oxygen atoms in total. The minimum absolute atomic E-state index is 0.490. The SMILES string of the molecule is CN(CCCCCBr)CC1(N(C)C)CCC1. The van der Waals surface area contributed by atoms with E-state index in [1.54, 1.807) is 0 Å². The highest BCUT2D eigenvalue weighted by molar-refractivity contribution is 9.09. The lowest BCUT2D eigenvalue weighted by Crippen LogP contribution is -2.56. The van der Waals surface area contributed by atoms with Gasteiger partial charge in [0.05, 0.1) is 0 Å². The smallest absolute Gasteiger partial charge is 0.0330 e. The van der Waals surface area contributed by atoms with Crippen molar-refractivity contribution in [3.05, 3.63) is 0 Å². The fourth-order valence-corrected chi connectivity index (χ4v) is 2.96. The summed E-state index contributed by atoms with van der Waals surface area (Å²) in [6.45, 7) is 2.50. The van der Waals surface area contributed by atoms with Crippen LogP contribution in [0.1, 0.15) is 38.5 Å². The number of halogens is 1. The molecule has 1 saturated carbocycles. The summed E-state index contributed by atoms with van der Waals surface area (Å²) in [5, 5.41) is 1.15. The van der Waals surface area contributed by atoms with Crippen molar-refractivity contribution < 1.29 is 0 Å². The molecular formula is C13H27BrN2. The maximum atomic E-state index is 3.48. The van der Waals surface area contributed by atoms with Crippen molar-refractivity contribution in [3.63, 3.8) is 0 Å². The molecule has 0 aliphatic heterocycles. The number of unbranched alkanes of at least 4 members (excludes halogenated alkanes) is 2. The lowest BCUT2D eigenvalue weighted by molar-refractivity contribution is 0.0275. The predicted octanol–water partition coefficient (Wildman–Crippen LogP) is 2.97. The minimum Gasteiger partial charge on any atom is -0.305 e. The highest BCUT2D eigenvalue weighted by Gasteiger charge is 2.39. The normalized spacial score (nSPS) is 19.1. The van der Waals surface area contributed by atoms with E-state index in [1.165, 1.54) is 51.6 Å². The van der Waals surface area contributed by atoms with E-state index >= 15 is 0 Å². The van der Waals surface area contributed by atoms with Gasteiger partial charge in [-0.1, -0.05) is 22.4 Å². The fraction of sp³-hybridized carbons (Fsp3) is 1.00. The Balaban J connectivity index is 2.19. The minimum atomic E-state index is 0.490. The zero-order valence-electron chi connectivity index (χ0n) is 11.1. The molecule has 0 aromatic heterocycles. The van der Waals surface area contributed by atoms with Gasteiger partial charge >= 0.3 is 0 Å². The zero-order valence-corrected chi connectivity index (χ0v) is 12.7. The van der Waals surface area contributed by atoms with Gasteiger partial charge in [0, 0.05) is 17.4 Å². The maximum absolute atomic E-state index is 3.48. The van der Waals surface area contributed by atoms with E-state index in [-0.39, 0.29) is 0 Å². The molecule has 0 aromatic rings. The number of rotatable bonds is 8. The Labute approximate surface area is 109 Å². The molecular weight excluding hydrogens is 264 g/mol. The van der Waals surface area contributed by atoms with Crippen LogP contribution in [0.2, 0.25) is 0 Å². The highest BCUT2D eigenvalue weighted by atomic mass is 79.9. The number of nitrogens with zero attached hydrogens (tertiary/aromatic N) is 2. The second-order valence-corrected chi connectivity index (χ2v) is 6.25. The van der Waals surface area contributed by atoms with Crippen molar-refractivity contribution in [2.45, 2.75) is 44.1 Å². The third-order valence-corrected chi connectivity index (χ3v) is 4.53. The summed E-state index contributed by atoms with van der Waals surface area (Å²) in [6.07, 6.45) is 8.18.